The lowest BCUT2D eigenvalue weighted by atomic mass is 9.81. The molecule has 0 spiro atoms. The van der Waals surface area contributed by atoms with Gasteiger partial charge in [0.2, 0.25) is 5.91 Å². The van der Waals surface area contributed by atoms with Gasteiger partial charge in [0.1, 0.15) is 0 Å². The van der Waals surface area contributed by atoms with Crippen LogP contribution in [0.4, 0.5) is 4.79 Å². The molecule has 2 aromatic rings. The molecule has 2 amide bonds. The van der Waals surface area contributed by atoms with Gasteiger partial charge in [-0.2, -0.15) is 0 Å². The maximum absolute atomic E-state index is 12.8. The number of unbranched alkanes of at least 4 members (excludes halogenated alkanes) is 3. The normalized spacial score (nSPS) is 17.8. The molecule has 0 bridgehead atoms. The molecule has 3 N–H and O–H groups in total. The first-order valence-electron chi connectivity index (χ1n) is 10.3. The van der Waals surface area contributed by atoms with Gasteiger partial charge in [0.15, 0.2) is 0 Å². The Morgan fingerprint density at radius 1 is 1.20 bits per heavy atom. The van der Waals surface area contributed by atoms with Crippen molar-refractivity contribution >= 4 is 22.9 Å². The zero-order valence-electron chi connectivity index (χ0n) is 17.3. The van der Waals surface area contributed by atoms with Crippen LogP contribution in [0.1, 0.15) is 44.1 Å². The van der Waals surface area contributed by atoms with Crippen molar-refractivity contribution < 1.29 is 19.5 Å². The smallest absolute Gasteiger partial charge is 0.410 e. The highest BCUT2D eigenvalue weighted by Gasteiger charge is 2.39. The number of methoxy groups -OCH3 is 1. The summed E-state index contributed by atoms with van der Waals surface area (Å²) in [4.78, 5) is 29.0. The number of carbonyl (C=O) groups is 2. The number of benzene rings is 1. The highest BCUT2D eigenvalue weighted by Crippen LogP contribution is 2.38. The van der Waals surface area contributed by atoms with Crippen molar-refractivity contribution in [3.05, 3.63) is 60.3 Å². The molecule has 0 radical (unpaired) electrons. The van der Waals surface area contributed by atoms with Gasteiger partial charge in [-0.25, -0.2) is 10.3 Å². The van der Waals surface area contributed by atoms with E-state index < -0.39 is 5.54 Å². The fourth-order valence-corrected chi connectivity index (χ4v) is 4.03. The molecule has 1 unspecified atom stereocenters. The predicted molar refractivity (Wildman–Crippen MR) is 115 cm³/mol. The lowest BCUT2D eigenvalue weighted by Gasteiger charge is -2.42. The van der Waals surface area contributed by atoms with Crippen molar-refractivity contribution in [3.63, 3.8) is 0 Å². The molecule has 160 valence electrons. The molecule has 7 nitrogen and oxygen atoms in total. The van der Waals surface area contributed by atoms with Crippen LogP contribution in [0.3, 0.4) is 0 Å². The van der Waals surface area contributed by atoms with Crippen molar-refractivity contribution in [1.82, 2.24) is 15.4 Å². The Hall–Kier alpha value is -3.06. The zero-order valence-corrected chi connectivity index (χ0v) is 17.3. The largest absolute Gasteiger partial charge is 0.453 e. The number of allylic oxidation sites excluding steroid dienone is 2. The van der Waals surface area contributed by atoms with Crippen LogP contribution in [0.25, 0.3) is 10.9 Å². The van der Waals surface area contributed by atoms with E-state index in [1.807, 2.05) is 24.4 Å². The molecule has 0 saturated heterocycles. The summed E-state index contributed by atoms with van der Waals surface area (Å²) in [6.07, 6.45) is 13.8. The van der Waals surface area contributed by atoms with E-state index in [1.165, 1.54) is 7.11 Å². The average molecular weight is 412 g/mol. The lowest BCUT2D eigenvalue weighted by molar-refractivity contribution is -0.129. The molecule has 1 atom stereocenters. The van der Waals surface area contributed by atoms with Crippen LogP contribution < -0.4 is 5.48 Å². The van der Waals surface area contributed by atoms with E-state index in [9.17, 15) is 9.59 Å². The summed E-state index contributed by atoms with van der Waals surface area (Å²) >= 11 is 0. The van der Waals surface area contributed by atoms with E-state index >= 15 is 0 Å². The molecule has 3 rings (SSSR count). The van der Waals surface area contributed by atoms with Crippen LogP contribution in [0.2, 0.25) is 0 Å². The van der Waals surface area contributed by atoms with E-state index in [1.54, 1.807) is 10.4 Å². The minimum atomic E-state index is -0.613. The Kier molecular flexibility index (Phi) is 7.30. The Bertz CT molecular complexity index is 933. The van der Waals surface area contributed by atoms with Crippen LogP contribution in [-0.2, 0) is 15.1 Å². The molecule has 1 aliphatic carbocycles. The fourth-order valence-electron chi connectivity index (χ4n) is 4.03. The standard InChI is InChI=1S/C23H29N3O4/c1-30-22(28)26(16-8-3-2-5-9-21(27)25-29)23(13-6-4-7-14-23)19-11-10-18-12-15-24-20(18)17-19/h4,6-7,10-13,15,17,24,29H,2-3,5,8-9,14,16H2,1H3,(H,25,27). The number of H-pyrrole nitrogens is 1. The second-order valence-electron chi connectivity index (χ2n) is 7.52. The first-order valence-corrected chi connectivity index (χ1v) is 10.3. The van der Waals surface area contributed by atoms with Crippen LogP contribution in [0.5, 0.6) is 0 Å². The topological polar surface area (TPSA) is 94.7 Å². The summed E-state index contributed by atoms with van der Waals surface area (Å²) in [7, 11) is 1.41. The van der Waals surface area contributed by atoms with Gasteiger partial charge in [0.25, 0.3) is 0 Å². The molecule has 0 aliphatic heterocycles. The second-order valence-corrected chi connectivity index (χ2v) is 7.52. The molecular weight excluding hydrogens is 382 g/mol. The van der Waals surface area contributed by atoms with Gasteiger partial charge in [-0.15, -0.1) is 0 Å². The van der Waals surface area contributed by atoms with Gasteiger partial charge < -0.3 is 9.72 Å². The number of aromatic amines is 1. The third kappa shape index (κ3) is 4.74. The first-order chi connectivity index (χ1) is 14.6. The van der Waals surface area contributed by atoms with Crippen molar-refractivity contribution in [2.24, 2.45) is 0 Å². The highest BCUT2D eigenvalue weighted by molar-refractivity contribution is 5.81. The third-order valence-electron chi connectivity index (χ3n) is 5.64. The van der Waals surface area contributed by atoms with E-state index in [0.29, 0.717) is 25.8 Å². The Balaban J connectivity index is 1.77. The van der Waals surface area contributed by atoms with Gasteiger partial charge in [-0.1, -0.05) is 49.3 Å². The van der Waals surface area contributed by atoms with Crippen molar-refractivity contribution in [2.45, 2.75) is 44.1 Å². The fraction of sp³-hybridized carbons (Fsp3) is 0.391. The molecule has 0 fully saturated rings. The van der Waals surface area contributed by atoms with E-state index in [2.05, 4.69) is 35.3 Å². The number of fused-ring (bicyclic) bond motifs is 1. The average Bonchev–Trinajstić information content (AvgIpc) is 3.26. The van der Waals surface area contributed by atoms with Crippen molar-refractivity contribution in [3.8, 4) is 0 Å². The monoisotopic (exact) mass is 411 g/mol. The molecule has 0 saturated carbocycles. The van der Waals surface area contributed by atoms with Crippen LogP contribution in [-0.4, -0.2) is 40.7 Å². The molecule has 1 heterocycles. The molecule has 1 aliphatic rings. The van der Waals surface area contributed by atoms with E-state index in [0.717, 1.165) is 35.7 Å². The number of ether oxygens (including phenoxy) is 1. The molecule has 30 heavy (non-hydrogen) atoms. The lowest BCUT2D eigenvalue weighted by Crippen LogP contribution is -2.49. The van der Waals surface area contributed by atoms with Gasteiger partial charge in [-0.05, 0) is 42.3 Å². The molecular formula is C23H29N3O4. The van der Waals surface area contributed by atoms with Crippen molar-refractivity contribution in [2.75, 3.05) is 13.7 Å². The maximum Gasteiger partial charge on any atom is 0.410 e. The Morgan fingerprint density at radius 3 is 2.77 bits per heavy atom. The summed E-state index contributed by atoms with van der Waals surface area (Å²) in [5.41, 5.74) is 3.10. The molecule has 7 heteroatoms. The Labute approximate surface area is 176 Å². The number of nitrogens with zero attached hydrogens (tertiary/aromatic N) is 1. The number of nitrogens with one attached hydrogen (secondary N) is 2. The van der Waals surface area contributed by atoms with Gasteiger partial charge in [-0.3, -0.25) is 14.9 Å². The predicted octanol–water partition coefficient (Wildman–Crippen LogP) is 4.40. The number of aromatic nitrogens is 1. The SMILES string of the molecule is COC(=O)N(CCCCCCC(=O)NO)C1(c2ccc3cc[nH]c3c2)C=CC=CC1. The quantitative estimate of drug-likeness (QED) is 0.324. The summed E-state index contributed by atoms with van der Waals surface area (Å²) in [6.45, 7) is 0.541. The highest BCUT2D eigenvalue weighted by atomic mass is 16.5. The number of hydroxylamine groups is 1. The second kappa shape index (κ2) is 10.1. The summed E-state index contributed by atoms with van der Waals surface area (Å²) in [6, 6.07) is 8.26. The van der Waals surface area contributed by atoms with Gasteiger partial charge in [0.05, 0.1) is 12.6 Å². The molecule has 1 aromatic heterocycles. The van der Waals surface area contributed by atoms with Gasteiger partial charge in [0, 0.05) is 24.7 Å². The number of hydrogen-bond donors (Lipinski definition) is 3. The number of amides is 2. The summed E-state index contributed by atoms with van der Waals surface area (Å²) in [5, 5.41) is 9.69. The van der Waals surface area contributed by atoms with Crippen molar-refractivity contribution in [1.29, 1.82) is 0 Å². The zero-order chi connectivity index (χ0) is 21.4. The van der Waals surface area contributed by atoms with Crippen LogP contribution >= 0.6 is 0 Å². The number of hydrogen-bond acceptors (Lipinski definition) is 4. The number of rotatable bonds is 9. The van der Waals surface area contributed by atoms with Crippen LogP contribution in [0.15, 0.2) is 54.8 Å². The third-order valence-corrected chi connectivity index (χ3v) is 5.64. The van der Waals surface area contributed by atoms with E-state index in [4.69, 9.17) is 9.94 Å². The van der Waals surface area contributed by atoms with Gasteiger partial charge >= 0.3 is 6.09 Å². The summed E-state index contributed by atoms with van der Waals surface area (Å²) < 4.78 is 5.15. The minimum absolute atomic E-state index is 0.296. The maximum atomic E-state index is 12.8. The van der Waals surface area contributed by atoms with Crippen LogP contribution in [0, 0.1) is 0 Å². The Morgan fingerprint density at radius 2 is 2.03 bits per heavy atom. The number of carbonyl (C=O) groups excluding carboxylic acids is 2. The molecule has 1 aromatic carbocycles. The first kappa shape index (κ1) is 21.6. The minimum Gasteiger partial charge on any atom is -0.453 e. The summed E-state index contributed by atoms with van der Waals surface area (Å²) in [5.74, 6) is -0.371. The van der Waals surface area contributed by atoms with E-state index in [-0.39, 0.29) is 12.0 Å².